The maximum atomic E-state index is 11.9. The van der Waals surface area contributed by atoms with E-state index in [1.54, 1.807) is 5.56 Å². The highest BCUT2D eigenvalue weighted by atomic mass is 16.5. The Bertz CT molecular complexity index is 583. The Morgan fingerprint density at radius 2 is 2.17 bits per heavy atom. The summed E-state index contributed by atoms with van der Waals surface area (Å²) in [7, 11) is 0. The molecule has 1 unspecified atom stereocenters. The van der Waals surface area contributed by atoms with Crippen molar-refractivity contribution in [2.75, 3.05) is 6.61 Å². The highest BCUT2D eigenvalue weighted by molar-refractivity contribution is 5.67. The number of benzene rings is 1. The molecule has 1 saturated carbocycles. The summed E-state index contributed by atoms with van der Waals surface area (Å²) in [6.45, 7) is 6.79. The smallest absolute Gasteiger partial charge is 0.407 e. The van der Waals surface area contributed by atoms with E-state index in [2.05, 4.69) is 37.4 Å². The van der Waals surface area contributed by atoms with E-state index in [0.29, 0.717) is 12.5 Å². The monoisotopic (exact) mass is 315 g/mol. The number of amides is 1. The van der Waals surface area contributed by atoms with E-state index >= 15 is 0 Å². The second-order valence-electron chi connectivity index (χ2n) is 7.18. The molecule has 23 heavy (non-hydrogen) atoms. The molecule has 0 aromatic heterocycles. The van der Waals surface area contributed by atoms with Gasteiger partial charge >= 0.3 is 6.09 Å². The fraction of sp³-hybridized carbons (Fsp3) is 0.650. The quantitative estimate of drug-likeness (QED) is 0.891. The van der Waals surface area contributed by atoms with Gasteiger partial charge in [-0.25, -0.2) is 4.79 Å². The molecular weight excluding hydrogens is 286 g/mol. The maximum Gasteiger partial charge on any atom is 0.407 e. The van der Waals surface area contributed by atoms with Crippen LogP contribution in [-0.2, 0) is 16.6 Å². The van der Waals surface area contributed by atoms with Gasteiger partial charge < -0.3 is 10.1 Å². The summed E-state index contributed by atoms with van der Waals surface area (Å²) in [6.07, 6.45) is 6.69. The Kier molecular flexibility index (Phi) is 4.65. The molecule has 1 aromatic rings. The standard InChI is InChI=1S/C20H29NO2/c1-4-20-12-6-7-18(21-19(22)23-5-2)16(20)11-10-15-9-8-14(3)13-17(15)20/h8-9,13,16,18H,4-7,10-12H2,1-3H3,(H,21,22)/t16-,18?,20+/m0/s1. The van der Waals surface area contributed by atoms with Crippen LogP contribution in [0.15, 0.2) is 18.2 Å². The van der Waals surface area contributed by atoms with Crippen LogP contribution in [0.3, 0.4) is 0 Å². The third-order valence-electron chi connectivity index (χ3n) is 6.07. The van der Waals surface area contributed by atoms with E-state index in [-0.39, 0.29) is 17.6 Å². The molecule has 3 rings (SSSR count). The molecule has 3 nitrogen and oxygen atoms in total. The minimum absolute atomic E-state index is 0.224. The van der Waals surface area contributed by atoms with Gasteiger partial charge in [0, 0.05) is 11.5 Å². The fourth-order valence-corrected chi connectivity index (χ4v) is 5.03. The zero-order valence-electron chi connectivity index (χ0n) is 14.7. The van der Waals surface area contributed by atoms with Crippen molar-refractivity contribution in [1.82, 2.24) is 5.32 Å². The van der Waals surface area contributed by atoms with Crippen molar-refractivity contribution < 1.29 is 9.53 Å². The van der Waals surface area contributed by atoms with Gasteiger partial charge in [-0.3, -0.25) is 0 Å². The van der Waals surface area contributed by atoms with Gasteiger partial charge in [-0.1, -0.05) is 37.1 Å². The van der Waals surface area contributed by atoms with Gasteiger partial charge in [0.2, 0.25) is 0 Å². The van der Waals surface area contributed by atoms with Gasteiger partial charge in [0.25, 0.3) is 0 Å². The SMILES string of the molecule is CCOC(=O)NC1CCC[C@@]2(CC)c3cc(C)ccc3CC[C@@H]12. The maximum absolute atomic E-state index is 11.9. The van der Waals surface area contributed by atoms with Gasteiger partial charge in [0.15, 0.2) is 0 Å². The second kappa shape index (κ2) is 6.54. The number of carbonyl (C=O) groups excluding carboxylic acids is 1. The summed E-state index contributed by atoms with van der Waals surface area (Å²) in [5.41, 5.74) is 4.64. The summed E-state index contributed by atoms with van der Waals surface area (Å²) in [6, 6.07) is 7.20. The molecule has 2 aliphatic carbocycles. The topological polar surface area (TPSA) is 38.3 Å². The van der Waals surface area contributed by atoms with Crippen molar-refractivity contribution in [1.29, 1.82) is 0 Å². The van der Waals surface area contributed by atoms with E-state index in [9.17, 15) is 4.79 Å². The number of carbonyl (C=O) groups is 1. The Morgan fingerprint density at radius 3 is 2.91 bits per heavy atom. The average molecular weight is 315 g/mol. The number of fused-ring (bicyclic) bond motifs is 3. The summed E-state index contributed by atoms with van der Waals surface area (Å²) < 4.78 is 5.13. The molecule has 0 spiro atoms. The molecule has 0 heterocycles. The number of ether oxygens (including phenoxy) is 1. The molecular formula is C20H29NO2. The van der Waals surface area contributed by atoms with E-state index in [1.807, 2.05) is 6.92 Å². The molecule has 2 aliphatic rings. The summed E-state index contributed by atoms with van der Waals surface area (Å²) >= 11 is 0. The molecule has 1 fully saturated rings. The highest BCUT2D eigenvalue weighted by Gasteiger charge is 2.48. The lowest BCUT2D eigenvalue weighted by atomic mass is 9.54. The first kappa shape index (κ1) is 16.4. The second-order valence-corrected chi connectivity index (χ2v) is 7.18. The van der Waals surface area contributed by atoms with Crippen LogP contribution in [0, 0.1) is 12.8 Å². The minimum Gasteiger partial charge on any atom is -0.450 e. The van der Waals surface area contributed by atoms with E-state index in [0.717, 1.165) is 19.3 Å². The van der Waals surface area contributed by atoms with E-state index in [4.69, 9.17) is 4.74 Å². The summed E-state index contributed by atoms with van der Waals surface area (Å²) in [4.78, 5) is 11.9. The zero-order valence-corrected chi connectivity index (χ0v) is 14.7. The van der Waals surface area contributed by atoms with Crippen LogP contribution >= 0.6 is 0 Å². The van der Waals surface area contributed by atoms with Crippen LogP contribution in [0.5, 0.6) is 0 Å². The predicted molar refractivity (Wildman–Crippen MR) is 92.8 cm³/mol. The van der Waals surface area contributed by atoms with Crippen molar-refractivity contribution in [3.8, 4) is 0 Å². The van der Waals surface area contributed by atoms with Crippen molar-refractivity contribution in [2.45, 2.75) is 70.8 Å². The summed E-state index contributed by atoms with van der Waals surface area (Å²) in [5, 5.41) is 3.16. The van der Waals surface area contributed by atoms with Crippen molar-refractivity contribution in [3.05, 3.63) is 34.9 Å². The summed E-state index contributed by atoms with van der Waals surface area (Å²) in [5.74, 6) is 0.528. The molecule has 3 atom stereocenters. The Morgan fingerprint density at radius 1 is 1.35 bits per heavy atom. The first-order chi connectivity index (χ1) is 11.1. The number of rotatable bonds is 3. The number of hydrogen-bond acceptors (Lipinski definition) is 2. The van der Waals surface area contributed by atoms with E-state index in [1.165, 1.54) is 30.4 Å². The lowest BCUT2D eigenvalue weighted by Crippen LogP contribution is -2.54. The number of nitrogens with one attached hydrogen (secondary N) is 1. The first-order valence-corrected chi connectivity index (χ1v) is 9.14. The van der Waals surface area contributed by atoms with Crippen LogP contribution in [0.4, 0.5) is 4.79 Å². The van der Waals surface area contributed by atoms with Gasteiger partial charge in [0.1, 0.15) is 0 Å². The fourth-order valence-electron chi connectivity index (χ4n) is 5.03. The van der Waals surface area contributed by atoms with Crippen LogP contribution in [0.1, 0.15) is 62.6 Å². The van der Waals surface area contributed by atoms with Crippen LogP contribution in [-0.4, -0.2) is 18.7 Å². The van der Waals surface area contributed by atoms with Crippen molar-refractivity contribution in [3.63, 3.8) is 0 Å². The Hall–Kier alpha value is -1.51. The lowest BCUT2D eigenvalue weighted by molar-refractivity contribution is 0.0952. The molecule has 0 bridgehead atoms. The number of alkyl carbamates (subject to hydrolysis) is 1. The van der Waals surface area contributed by atoms with Gasteiger partial charge in [-0.15, -0.1) is 0 Å². The molecule has 1 amide bonds. The first-order valence-electron chi connectivity index (χ1n) is 9.14. The molecule has 0 saturated heterocycles. The van der Waals surface area contributed by atoms with Gasteiger partial charge in [-0.2, -0.15) is 0 Å². The van der Waals surface area contributed by atoms with Crippen molar-refractivity contribution in [2.24, 2.45) is 5.92 Å². The predicted octanol–water partition coefficient (Wildman–Crippen LogP) is 4.50. The molecule has 1 aromatic carbocycles. The lowest BCUT2D eigenvalue weighted by Gasteiger charge is -2.52. The molecule has 1 N–H and O–H groups in total. The third-order valence-corrected chi connectivity index (χ3v) is 6.07. The van der Waals surface area contributed by atoms with Gasteiger partial charge in [0.05, 0.1) is 6.61 Å². The van der Waals surface area contributed by atoms with Crippen LogP contribution in [0.25, 0.3) is 0 Å². The largest absolute Gasteiger partial charge is 0.450 e. The molecule has 0 aliphatic heterocycles. The number of aryl methyl sites for hydroxylation is 2. The molecule has 126 valence electrons. The van der Waals surface area contributed by atoms with Gasteiger partial charge in [-0.05, 0) is 63.0 Å². The third kappa shape index (κ3) is 2.86. The molecule has 3 heteroatoms. The minimum atomic E-state index is -0.251. The zero-order chi connectivity index (χ0) is 16.4. The number of hydrogen-bond donors (Lipinski definition) is 1. The Balaban J connectivity index is 1.93. The molecule has 0 radical (unpaired) electrons. The van der Waals surface area contributed by atoms with Crippen molar-refractivity contribution >= 4 is 6.09 Å². The Labute approximate surface area is 139 Å². The van der Waals surface area contributed by atoms with E-state index < -0.39 is 0 Å². The normalized spacial score (nSPS) is 29.3. The average Bonchev–Trinajstić information content (AvgIpc) is 2.55. The highest BCUT2D eigenvalue weighted by Crippen LogP contribution is 2.52. The van der Waals surface area contributed by atoms with Crippen LogP contribution in [0.2, 0.25) is 0 Å². The van der Waals surface area contributed by atoms with Crippen LogP contribution < -0.4 is 5.32 Å².